The Morgan fingerprint density at radius 3 is 2.62 bits per heavy atom. The second kappa shape index (κ2) is 5.65. The molecule has 0 bridgehead atoms. The standard InChI is InChI=1S/C17H16F2N2O5/c18-12-5-9-10(6-13(12)19)17(26-15(9)23)3-4-21(16(24)25)7-11(17)14(22)20-8-1-2-8/h5-6,8,11H,1-4,7H2,(H,20,22)(H,24,25)/t11-,17+/m1/s1. The normalized spacial score (nSPS) is 27.2. The lowest BCUT2D eigenvalue weighted by Crippen LogP contribution is -2.57. The van der Waals surface area contributed by atoms with Crippen LogP contribution in [-0.4, -0.2) is 47.1 Å². The molecule has 3 aliphatic rings. The lowest BCUT2D eigenvalue weighted by atomic mass is 9.75. The Bertz CT molecular complexity index is 826. The Morgan fingerprint density at radius 1 is 1.27 bits per heavy atom. The van der Waals surface area contributed by atoms with Gasteiger partial charge in [0, 0.05) is 31.1 Å². The number of piperidine rings is 1. The minimum Gasteiger partial charge on any atom is -0.465 e. The molecule has 1 aliphatic carbocycles. The summed E-state index contributed by atoms with van der Waals surface area (Å²) in [5, 5.41) is 12.1. The molecular weight excluding hydrogens is 350 g/mol. The zero-order valence-electron chi connectivity index (χ0n) is 13.6. The highest BCUT2D eigenvalue weighted by Gasteiger charge is 2.57. The van der Waals surface area contributed by atoms with Gasteiger partial charge in [-0.1, -0.05) is 0 Å². The number of fused-ring (bicyclic) bond motifs is 2. The average Bonchev–Trinajstić information content (AvgIpc) is 3.36. The molecule has 2 atom stereocenters. The molecule has 0 aromatic heterocycles. The smallest absolute Gasteiger partial charge is 0.407 e. The molecule has 0 radical (unpaired) electrons. The second-order valence-corrected chi connectivity index (χ2v) is 6.90. The number of carbonyl (C=O) groups is 3. The first-order valence-electron chi connectivity index (χ1n) is 8.33. The highest BCUT2D eigenvalue weighted by Crippen LogP contribution is 2.48. The third kappa shape index (κ3) is 2.49. The summed E-state index contributed by atoms with van der Waals surface area (Å²) in [5.41, 5.74) is -1.52. The SMILES string of the molecule is O=C1O[C@@]2(CCN(C(=O)O)C[C@@H]2C(=O)NC2CC2)c2cc(F)c(F)cc21. The highest BCUT2D eigenvalue weighted by atomic mass is 19.2. The molecular formula is C17H16F2N2O5. The number of nitrogens with one attached hydrogen (secondary N) is 1. The fourth-order valence-corrected chi connectivity index (χ4v) is 3.72. The summed E-state index contributed by atoms with van der Waals surface area (Å²) in [5.74, 6) is -4.66. The number of hydrogen-bond acceptors (Lipinski definition) is 4. The molecule has 7 nitrogen and oxygen atoms in total. The van der Waals surface area contributed by atoms with Crippen LogP contribution in [0.25, 0.3) is 0 Å². The van der Waals surface area contributed by atoms with Crippen molar-refractivity contribution in [2.24, 2.45) is 5.92 Å². The van der Waals surface area contributed by atoms with Crippen molar-refractivity contribution >= 4 is 18.0 Å². The summed E-state index contributed by atoms with van der Waals surface area (Å²) in [6, 6.07) is 1.66. The van der Waals surface area contributed by atoms with Gasteiger partial charge in [0.05, 0.1) is 11.5 Å². The van der Waals surface area contributed by atoms with Crippen molar-refractivity contribution in [2.45, 2.75) is 30.9 Å². The molecule has 0 unspecified atom stereocenters. The third-order valence-electron chi connectivity index (χ3n) is 5.24. The van der Waals surface area contributed by atoms with E-state index in [9.17, 15) is 28.3 Å². The van der Waals surface area contributed by atoms with Crippen LogP contribution in [0.4, 0.5) is 13.6 Å². The van der Waals surface area contributed by atoms with Gasteiger partial charge in [-0.3, -0.25) is 4.79 Å². The van der Waals surface area contributed by atoms with E-state index in [1.807, 2.05) is 0 Å². The van der Waals surface area contributed by atoms with Gasteiger partial charge in [-0.05, 0) is 25.0 Å². The predicted octanol–water partition coefficient (Wildman–Crippen LogP) is 1.61. The molecule has 1 spiro atoms. The van der Waals surface area contributed by atoms with Gasteiger partial charge in [-0.25, -0.2) is 18.4 Å². The number of rotatable bonds is 2. The number of carbonyl (C=O) groups excluding carboxylic acids is 2. The van der Waals surface area contributed by atoms with Gasteiger partial charge >= 0.3 is 12.1 Å². The average molecular weight is 366 g/mol. The van der Waals surface area contributed by atoms with E-state index in [2.05, 4.69) is 5.32 Å². The van der Waals surface area contributed by atoms with Gasteiger partial charge in [-0.15, -0.1) is 0 Å². The zero-order valence-corrected chi connectivity index (χ0v) is 13.6. The summed E-state index contributed by atoms with van der Waals surface area (Å²) >= 11 is 0. The van der Waals surface area contributed by atoms with Crippen molar-refractivity contribution in [1.82, 2.24) is 10.2 Å². The molecule has 2 fully saturated rings. The van der Waals surface area contributed by atoms with E-state index in [0.29, 0.717) is 0 Å². The van der Waals surface area contributed by atoms with Crippen molar-refractivity contribution in [3.05, 3.63) is 34.9 Å². The summed E-state index contributed by atoms with van der Waals surface area (Å²) in [6.07, 6.45) is 0.444. The number of amides is 2. The minimum absolute atomic E-state index is 0.00807. The summed E-state index contributed by atoms with van der Waals surface area (Å²) in [6.45, 7) is -0.187. The predicted molar refractivity (Wildman–Crippen MR) is 82.3 cm³/mol. The van der Waals surface area contributed by atoms with Crippen molar-refractivity contribution in [3.63, 3.8) is 0 Å². The molecule has 1 saturated heterocycles. The fourth-order valence-electron chi connectivity index (χ4n) is 3.72. The number of hydrogen-bond donors (Lipinski definition) is 2. The summed E-state index contributed by atoms with van der Waals surface area (Å²) < 4.78 is 32.9. The molecule has 26 heavy (non-hydrogen) atoms. The quantitative estimate of drug-likeness (QED) is 0.776. The van der Waals surface area contributed by atoms with Gasteiger partial charge in [0.2, 0.25) is 5.91 Å². The number of carboxylic acid groups (broad SMARTS) is 1. The van der Waals surface area contributed by atoms with E-state index in [-0.39, 0.29) is 36.7 Å². The Kier molecular flexibility index (Phi) is 3.64. The maximum Gasteiger partial charge on any atom is 0.407 e. The van der Waals surface area contributed by atoms with Crippen LogP contribution < -0.4 is 5.32 Å². The van der Waals surface area contributed by atoms with Gasteiger partial charge in [0.15, 0.2) is 17.2 Å². The Hall–Kier alpha value is -2.71. The van der Waals surface area contributed by atoms with Crippen molar-refractivity contribution in [2.75, 3.05) is 13.1 Å². The molecule has 2 N–H and O–H groups in total. The maximum atomic E-state index is 13.8. The fraction of sp³-hybridized carbons (Fsp3) is 0.471. The number of benzene rings is 1. The first kappa shape index (κ1) is 16.7. The van der Waals surface area contributed by atoms with Gasteiger partial charge in [-0.2, -0.15) is 0 Å². The first-order valence-corrected chi connectivity index (χ1v) is 8.33. The van der Waals surface area contributed by atoms with Gasteiger partial charge in [0.25, 0.3) is 0 Å². The Morgan fingerprint density at radius 2 is 1.96 bits per heavy atom. The topological polar surface area (TPSA) is 95.9 Å². The lowest BCUT2D eigenvalue weighted by Gasteiger charge is -2.43. The number of halogens is 2. The molecule has 1 aromatic carbocycles. The van der Waals surface area contributed by atoms with E-state index in [1.165, 1.54) is 0 Å². The Labute approximate surface area is 146 Å². The number of nitrogens with zero attached hydrogens (tertiary/aromatic N) is 1. The Balaban J connectivity index is 1.78. The van der Waals surface area contributed by atoms with Crippen LogP contribution in [0, 0.1) is 17.6 Å². The number of ether oxygens (including phenoxy) is 1. The van der Waals surface area contributed by atoms with E-state index in [1.54, 1.807) is 0 Å². The highest BCUT2D eigenvalue weighted by molar-refractivity contribution is 5.96. The minimum atomic E-state index is -1.49. The van der Waals surface area contributed by atoms with Crippen molar-refractivity contribution < 1.29 is 33.0 Å². The number of esters is 1. The van der Waals surface area contributed by atoms with E-state index >= 15 is 0 Å². The molecule has 1 saturated carbocycles. The maximum absolute atomic E-state index is 13.8. The van der Waals surface area contributed by atoms with Crippen LogP contribution in [0.5, 0.6) is 0 Å². The first-order chi connectivity index (χ1) is 12.3. The lowest BCUT2D eigenvalue weighted by molar-refractivity contribution is -0.141. The van der Waals surface area contributed by atoms with Crippen molar-refractivity contribution in [3.8, 4) is 0 Å². The third-order valence-corrected chi connectivity index (χ3v) is 5.24. The monoisotopic (exact) mass is 366 g/mol. The molecule has 2 amide bonds. The van der Waals surface area contributed by atoms with Crippen LogP contribution in [0.3, 0.4) is 0 Å². The van der Waals surface area contributed by atoms with E-state index < -0.39 is 41.1 Å². The van der Waals surface area contributed by atoms with Crippen LogP contribution >= 0.6 is 0 Å². The molecule has 9 heteroatoms. The molecule has 2 heterocycles. The van der Waals surface area contributed by atoms with Crippen molar-refractivity contribution in [1.29, 1.82) is 0 Å². The molecule has 4 rings (SSSR count). The summed E-state index contributed by atoms with van der Waals surface area (Å²) in [4.78, 5) is 37.4. The van der Waals surface area contributed by atoms with E-state index in [0.717, 1.165) is 29.9 Å². The van der Waals surface area contributed by atoms with Crippen LogP contribution in [-0.2, 0) is 15.1 Å². The van der Waals surface area contributed by atoms with Crippen LogP contribution in [0.1, 0.15) is 35.2 Å². The van der Waals surface area contributed by atoms with Crippen LogP contribution in [0.2, 0.25) is 0 Å². The van der Waals surface area contributed by atoms with Gasteiger partial charge in [0.1, 0.15) is 0 Å². The largest absolute Gasteiger partial charge is 0.465 e. The molecule has 138 valence electrons. The molecule has 2 aliphatic heterocycles. The van der Waals surface area contributed by atoms with Crippen LogP contribution in [0.15, 0.2) is 12.1 Å². The second-order valence-electron chi connectivity index (χ2n) is 6.90. The van der Waals surface area contributed by atoms with Gasteiger partial charge < -0.3 is 20.1 Å². The van der Waals surface area contributed by atoms with E-state index in [4.69, 9.17) is 4.74 Å². The molecule has 1 aromatic rings. The summed E-state index contributed by atoms with van der Waals surface area (Å²) in [7, 11) is 0. The number of likely N-dealkylation sites (tertiary alicyclic amines) is 1. The zero-order chi connectivity index (χ0) is 18.6.